The molecule has 1 N–H and O–H groups in total. The average molecular weight is 412 g/mol. The van der Waals surface area contributed by atoms with Crippen molar-refractivity contribution in [1.82, 2.24) is 5.01 Å². The Morgan fingerprint density at radius 3 is 2.53 bits per heavy atom. The summed E-state index contributed by atoms with van der Waals surface area (Å²) in [4.78, 5) is 5.00. The van der Waals surface area contributed by atoms with E-state index in [1.165, 1.54) is 10.0 Å². The van der Waals surface area contributed by atoms with Crippen LogP contribution in [0.2, 0.25) is 0 Å². The molecule has 0 bridgehead atoms. The fraction of sp³-hybridized carbons (Fsp3) is 0.409. The third-order valence-corrected chi connectivity index (χ3v) is 5.04. The van der Waals surface area contributed by atoms with E-state index in [0.29, 0.717) is 6.61 Å². The fourth-order valence-corrected chi connectivity index (χ4v) is 3.33. The Labute approximate surface area is 177 Å². The zero-order chi connectivity index (χ0) is 21.8. The van der Waals surface area contributed by atoms with Crippen LogP contribution in [0.3, 0.4) is 0 Å². The number of ether oxygens (including phenoxy) is 1. The topological polar surface area (TPSA) is 82.2 Å². The Balaban J connectivity index is 1.83. The molecule has 8 nitrogen and oxygen atoms in total. The molecule has 30 heavy (non-hydrogen) atoms. The van der Waals surface area contributed by atoms with Crippen LogP contribution in [0.1, 0.15) is 36.1 Å². The third-order valence-electron chi connectivity index (χ3n) is 5.04. The number of hydrogen-bond donors (Lipinski definition) is 1. The van der Waals surface area contributed by atoms with Crippen molar-refractivity contribution in [3.8, 4) is 5.75 Å². The van der Waals surface area contributed by atoms with Crippen LogP contribution in [0.5, 0.6) is 5.75 Å². The quantitative estimate of drug-likeness (QED) is 0.545. The largest absolute Gasteiger partial charge is 0.489 e. The van der Waals surface area contributed by atoms with Gasteiger partial charge in [0.2, 0.25) is 6.35 Å². The Hall–Kier alpha value is -3.13. The fourth-order valence-electron chi connectivity index (χ4n) is 3.33. The second-order valence-electron chi connectivity index (χ2n) is 7.60. The first-order valence-corrected chi connectivity index (χ1v) is 9.88. The van der Waals surface area contributed by atoms with Gasteiger partial charge in [0.05, 0.1) is 11.4 Å². The highest BCUT2D eigenvalue weighted by molar-refractivity contribution is 6.01. The molecule has 1 aliphatic heterocycles. The normalized spacial score (nSPS) is 16.5. The van der Waals surface area contributed by atoms with Gasteiger partial charge in [-0.3, -0.25) is 0 Å². The minimum absolute atomic E-state index is 0.241. The van der Waals surface area contributed by atoms with E-state index in [1.807, 2.05) is 44.2 Å². The van der Waals surface area contributed by atoms with Crippen molar-refractivity contribution in [2.45, 2.75) is 40.7 Å². The molecular formula is C22H29N5O3. The summed E-state index contributed by atoms with van der Waals surface area (Å²) in [5.41, 5.74) is 5.67. The van der Waals surface area contributed by atoms with Crippen LogP contribution >= 0.6 is 0 Å². The lowest BCUT2D eigenvalue weighted by molar-refractivity contribution is 0.0456. The summed E-state index contributed by atoms with van der Waals surface area (Å²) in [6.45, 7) is 8.53. The predicted octanol–water partition coefficient (Wildman–Crippen LogP) is 4.20. The van der Waals surface area contributed by atoms with Gasteiger partial charge in [-0.25, -0.2) is 5.01 Å². The first kappa shape index (κ1) is 21.6. The maximum Gasteiger partial charge on any atom is 0.245 e. The highest BCUT2D eigenvalue weighted by atomic mass is 16.6. The van der Waals surface area contributed by atoms with Crippen LogP contribution in [0.25, 0.3) is 0 Å². The molecule has 0 radical (unpaired) electrons. The van der Waals surface area contributed by atoms with Gasteiger partial charge in [0, 0.05) is 18.2 Å². The molecule has 1 atom stereocenters. The molecule has 2 aromatic carbocycles. The lowest BCUT2D eigenvalue weighted by Gasteiger charge is -2.24. The smallest absolute Gasteiger partial charge is 0.245 e. The van der Waals surface area contributed by atoms with Gasteiger partial charge in [0.1, 0.15) is 19.5 Å². The summed E-state index contributed by atoms with van der Waals surface area (Å²) >= 11 is 0. The number of hydrogen-bond acceptors (Lipinski definition) is 8. The van der Waals surface area contributed by atoms with Crippen LogP contribution in [0.4, 0.5) is 5.69 Å². The number of rotatable bonds is 7. The molecule has 1 heterocycles. The molecule has 0 saturated heterocycles. The summed E-state index contributed by atoms with van der Waals surface area (Å²) in [6.07, 6.45) is -0.943. The molecule has 2 aromatic rings. The van der Waals surface area contributed by atoms with E-state index in [4.69, 9.17) is 9.57 Å². The highest BCUT2D eigenvalue weighted by Gasteiger charge is 2.28. The molecule has 0 spiro atoms. The Morgan fingerprint density at radius 1 is 1.17 bits per heavy atom. The molecule has 0 fully saturated rings. The Bertz CT molecular complexity index is 958. The van der Waals surface area contributed by atoms with E-state index in [-0.39, 0.29) is 5.92 Å². The summed E-state index contributed by atoms with van der Waals surface area (Å²) in [6, 6.07) is 11.8. The lowest BCUT2D eigenvalue weighted by Crippen LogP contribution is -2.36. The standard InChI is InChI=1S/C22H29N5O3/c1-14(2)21(23-29-6)17-10-11-20(16(4)12-17)30-13-18-15(3)8-7-9-19(18)27-22(28)26(5)24-25-27/h7-12,14,22,28H,13H2,1-6H3/b23-21+. The van der Waals surface area contributed by atoms with Gasteiger partial charge in [0.15, 0.2) is 0 Å². The predicted molar refractivity (Wildman–Crippen MR) is 116 cm³/mol. The van der Waals surface area contributed by atoms with Crippen molar-refractivity contribution in [1.29, 1.82) is 0 Å². The van der Waals surface area contributed by atoms with Gasteiger partial charge in [-0.1, -0.05) is 31.1 Å². The highest BCUT2D eigenvalue weighted by Crippen LogP contribution is 2.31. The van der Waals surface area contributed by atoms with Crippen LogP contribution in [0.15, 0.2) is 52.0 Å². The second-order valence-corrected chi connectivity index (χ2v) is 7.60. The van der Waals surface area contributed by atoms with Crippen molar-refractivity contribution >= 4 is 11.4 Å². The van der Waals surface area contributed by atoms with Gasteiger partial charge >= 0.3 is 0 Å². The Morgan fingerprint density at radius 2 is 1.93 bits per heavy atom. The summed E-state index contributed by atoms with van der Waals surface area (Å²) in [5.74, 6) is 1.03. The van der Waals surface area contributed by atoms with Gasteiger partial charge in [0.25, 0.3) is 0 Å². The molecule has 3 rings (SSSR count). The number of anilines is 1. The van der Waals surface area contributed by atoms with Crippen molar-refractivity contribution in [3.63, 3.8) is 0 Å². The summed E-state index contributed by atoms with van der Waals surface area (Å²) in [7, 11) is 3.23. The van der Waals surface area contributed by atoms with Crippen molar-refractivity contribution in [2.75, 3.05) is 19.2 Å². The number of aliphatic hydroxyl groups excluding tert-OH is 1. The van der Waals surface area contributed by atoms with E-state index < -0.39 is 6.35 Å². The first-order valence-electron chi connectivity index (χ1n) is 9.88. The van der Waals surface area contributed by atoms with Gasteiger partial charge in [-0.15, -0.1) is 0 Å². The molecule has 0 saturated carbocycles. The molecular weight excluding hydrogens is 382 g/mol. The maximum absolute atomic E-state index is 10.3. The van der Waals surface area contributed by atoms with E-state index in [9.17, 15) is 5.11 Å². The molecule has 0 aromatic heterocycles. The minimum atomic E-state index is -0.943. The zero-order valence-electron chi connectivity index (χ0n) is 18.3. The maximum atomic E-state index is 10.3. The molecule has 1 unspecified atom stereocenters. The van der Waals surface area contributed by atoms with Crippen molar-refractivity contribution in [3.05, 3.63) is 58.7 Å². The Kier molecular flexibility index (Phi) is 6.56. The SMILES string of the molecule is CO/N=C(/c1ccc(OCc2c(C)cccc2N2N=NN(C)C2O)c(C)c1)C(C)C. The van der Waals surface area contributed by atoms with E-state index in [2.05, 4.69) is 35.5 Å². The molecule has 1 aliphatic rings. The minimum Gasteiger partial charge on any atom is -0.489 e. The first-order chi connectivity index (χ1) is 14.3. The number of aliphatic hydroxyl groups is 1. The van der Waals surface area contributed by atoms with Crippen LogP contribution < -0.4 is 9.75 Å². The van der Waals surface area contributed by atoms with Crippen molar-refractivity contribution < 1.29 is 14.7 Å². The number of benzene rings is 2. The van der Waals surface area contributed by atoms with E-state index in [1.54, 1.807) is 14.2 Å². The van der Waals surface area contributed by atoms with Crippen LogP contribution in [-0.2, 0) is 11.4 Å². The number of aryl methyl sites for hydroxylation is 2. The van der Waals surface area contributed by atoms with Crippen LogP contribution in [0, 0.1) is 19.8 Å². The summed E-state index contributed by atoms with van der Waals surface area (Å²) < 4.78 is 6.16. The van der Waals surface area contributed by atoms with Gasteiger partial charge < -0.3 is 14.7 Å². The lowest BCUT2D eigenvalue weighted by atomic mass is 9.98. The second kappa shape index (κ2) is 9.13. The monoisotopic (exact) mass is 411 g/mol. The van der Waals surface area contributed by atoms with Gasteiger partial charge in [-0.2, -0.15) is 5.01 Å². The molecule has 160 valence electrons. The summed E-state index contributed by atoms with van der Waals surface area (Å²) in [5, 5.41) is 25.3. The molecule has 0 aliphatic carbocycles. The third kappa shape index (κ3) is 4.38. The van der Waals surface area contributed by atoms with Crippen molar-refractivity contribution in [2.24, 2.45) is 21.5 Å². The number of nitrogens with zero attached hydrogens (tertiary/aromatic N) is 5. The average Bonchev–Trinajstić information content (AvgIpc) is 3.04. The van der Waals surface area contributed by atoms with E-state index >= 15 is 0 Å². The molecule has 8 heteroatoms. The van der Waals surface area contributed by atoms with Crippen LogP contribution in [-0.4, -0.2) is 36.3 Å². The number of oxime groups is 1. The zero-order valence-corrected chi connectivity index (χ0v) is 18.3. The van der Waals surface area contributed by atoms with Gasteiger partial charge in [-0.05, 0) is 65.6 Å². The molecule has 0 amide bonds. The van der Waals surface area contributed by atoms with E-state index in [0.717, 1.165) is 39.4 Å².